The van der Waals surface area contributed by atoms with Crippen molar-refractivity contribution in [3.63, 3.8) is 0 Å². The Balaban J connectivity index is 1.33. The summed E-state index contributed by atoms with van der Waals surface area (Å²) >= 11 is 0. The zero-order valence-corrected chi connectivity index (χ0v) is 15.3. The van der Waals surface area contributed by atoms with E-state index in [1.165, 1.54) is 19.3 Å². The van der Waals surface area contributed by atoms with Crippen molar-refractivity contribution in [1.82, 2.24) is 15.2 Å². The van der Waals surface area contributed by atoms with Gasteiger partial charge in [0.1, 0.15) is 6.61 Å². The lowest BCUT2D eigenvalue weighted by Gasteiger charge is -2.32. The van der Waals surface area contributed by atoms with Crippen molar-refractivity contribution in [3.8, 4) is 0 Å². The second-order valence-electron chi connectivity index (χ2n) is 7.55. The number of rotatable bonds is 6. The molecule has 0 aromatic carbocycles. The Morgan fingerprint density at radius 2 is 2.04 bits per heavy atom. The molecule has 3 rings (SSSR count). The highest BCUT2D eigenvalue weighted by Crippen LogP contribution is 2.26. The second kappa shape index (κ2) is 9.30. The molecular formula is C20H31N3O2. The average molecular weight is 345 g/mol. The highest BCUT2D eigenvalue weighted by Gasteiger charge is 2.24. The summed E-state index contributed by atoms with van der Waals surface area (Å²) in [6, 6.07) is 6.32. The molecule has 138 valence electrons. The molecule has 1 aromatic rings. The summed E-state index contributed by atoms with van der Waals surface area (Å²) in [6.07, 6.45) is 8.95. The summed E-state index contributed by atoms with van der Waals surface area (Å²) in [6.45, 7) is 5.34. The number of nitrogens with one attached hydrogen (secondary N) is 1. The van der Waals surface area contributed by atoms with E-state index < -0.39 is 0 Å². The Morgan fingerprint density at radius 1 is 1.24 bits per heavy atom. The minimum absolute atomic E-state index is 0.0425. The van der Waals surface area contributed by atoms with E-state index in [-0.39, 0.29) is 24.7 Å². The second-order valence-corrected chi connectivity index (χ2v) is 7.55. The molecule has 5 nitrogen and oxygen atoms in total. The van der Waals surface area contributed by atoms with E-state index >= 15 is 0 Å². The minimum Gasteiger partial charge on any atom is -0.368 e. The van der Waals surface area contributed by atoms with Crippen molar-refractivity contribution in [1.29, 1.82) is 0 Å². The van der Waals surface area contributed by atoms with Gasteiger partial charge in [-0.3, -0.25) is 14.7 Å². The molecule has 1 amide bonds. The lowest BCUT2D eigenvalue weighted by Crippen LogP contribution is -2.45. The Labute approximate surface area is 151 Å². The van der Waals surface area contributed by atoms with Gasteiger partial charge in [0.15, 0.2) is 0 Å². The van der Waals surface area contributed by atoms with Gasteiger partial charge in [0.05, 0.1) is 11.8 Å². The van der Waals surface area contributed by atoms with Gasteiger partial charge in [-0.1, -0.05) is 25.8 Å². The minimum atomic E-state index is 0.0425. The van der Waals surface area contributed by atoms with Crippen molar-refractivity contribution in [2.24, 2.45) is 5.92 Å². The fourth-order valence-corrected chi connectivity index (χ4v) is 3.94. The van der Waals surface area contributed by atoms with Crippen molar-refractivity contribution < 1.29 is 9.53 Å². The number of hydrogen-bond acceptors (Lipinski definition) is 4. The molecule has 1 N–H and O–H groups in total. The van der Waals surface area contributed by atoms with Gasteiger partial charge in [-0.25, -0.2) is 0 Å². The van der Waals surface area contributed by atoms with Gasteiger partial charge in [-0.05, 0) is 43.7 Å². The Bertz CT molecular complexity index is 529. The van der Waals surface area contributed by atoms with E-state index in [4.69, 9.17) is 4.74 Å². The number of nitrogens with zero attached hydrogens (tertiary/aromatic N) is 2. The Morgan fingerprint density at radius 3 is 2.76 bits per heavy atom. The summed E-state index contributed by atoms with van der Waals surface area (Å²) in [5, 5.41) is 3.15. The Kier molecular flexibility index (Phi) is 6.82. The van der Waals surface area contributed by atoms with Crippen LogP contribution in [0.4, 0.5) is 0 Å². The number of aromatic nitrogens is 1. The molecule has 0 spiro atoms. The largest absolute Gasteiger partial charge is 0.368 e. The average Bonchev–Trinajstić information content (AvgIpc) is 2.64. The molecule has 1 saturated carbocycles. The van der Waals surface area contributed by atoms with Crippen LogP contribution in [0.1, 0.15) is 51.1 Å². The predicted octanol–water partition coefficient (Wildman–Crippen LogP) is 2.76. The third-order valence-corrected chi connectivity index (χ3v) is 5.53. The zero-order chi connectivity index (χ0) is 17.5. The van der Waals surface area contributed by atoms with E-state index in [2.05, 4.69) is 28.2 Å². The van der Waals surface area contributed by atoms with Crippen molar-refractivity contribution >= 4 is 5.91 Å². The van der Waals surface area contributed by atoms with E-state index in [1.807, 2.05) is 18.3 Å². The summed E-state index contributed by atoms with van der Waals surface area (Å²) in [5.41, 5.74) is 1.11. The highest BCUT2D eigenvalue weighted by molar-refractivity contribution is 5.77. The molecule has 0 radical (unpaired) electrons. The molecule has 2 aliphatic rings. The van der Waals surface area contributed by atoms with Crippen molar-refractivity contribution in [3.05, 3.63) is 30.1 Å². The van der Waals surface area contributed by atoms with Gasteiger partial charge in [-0.2, -0.15) is 0 Å². The van der Waals surface area contributed by atoms with Gasteiger partial charge in [0, 0.05) is 31.9 Å². The van der Waals surface area contributed by atoms with Gasteiger partial charge in [-0.15, -0.1) is 0 Å². The van der Waals surface area contributed by atoms with E-state index in [1.54, 1.807) is 0 Å². The summed E-state index contributed by atoms with van der Waals surface area (Å²) in [5.74, 6) is 0.623. The first-order valence-electron chi connectivity index (χ1n) is 9.74. The third kappa shape index (κ3) is 5.79. The van der Waals surface area contributed by atoms with E-state index in [0.717, 1.165) is 44.6 Å². The van der Waals surface area contributed by atoms with Crippen LogP contribution in [-0.2, 0) is 16.1 Å². The van der Waals surface area contributed by atoms with Gasteiger partial charge in [0.2, 0.25) is 5.91 Å². The first-order valence-corrected chi connectivity index (χ1v) is 9.74. The van der Waals surface area contributed by atoms with E-state index in [0.29, 0.717) is 5.92 Å². The number of likely N-dealkylation sites (tertiary alicyclic amines) is 1. The molecule has 1 saturated heterocycles. The SMILES string of the molecule is CC1CCCCC1OCC(=O)NC1CCN(Cc2ccccn2)CC1. The molecule has 1 aliphatic carbocycles. The van der Waals surface area contributed by atoms with Crippen molar-refractivity contribution in [2.75, 3.05) is 19.7 Å². The van der Waals surface area contributed by atoms with Crippen LogP contribution >= 0.6 is 0 Å². The molecule has 0 bridgehead atoms. The van der Waals surface area contributed by atoms with Crippen LogP contribution in [0.3, 0.4) is 0 Å². The smallest absolute Gasteiger partial charge is 0.246 e. The lowest BCUT2D eigenvalue weighted by atomic mass is 9.88. The number of piperidine rings is 1. The quantitative estimate of drug-likeness (QED) is 0.861. The van der Waals surface area contributed by atoms with E-state index in [9.17, 15) is 4.79 Å². The van der Waals surface area contributed by atoms with Gasteiger partial charge >= 0.3 is 0 Å². The number of carbonyl (C=O) groups is 1. The summed E-state index contributed by atoms with van der Waals surface area (Å²) in [4.78, 5) is 19.0. The standard InChI is InChI=1S/C20H31N3O2/c1-16-6-2-3-8-19(16)25-15-20(24)22-17-9-12-23(13-10-17)14-18-7-4-5-11-21-18/h4-5,7,11,16-17,19H,2-3,6,8-10,12-15H2,1H3,(H,22,24). The molecule has 2 fully saturated rings. The van der Waals surface area contributed by atoms with Crippen LogP contribution in [0.2, 0.25) is 0 Å². The van der Waals surface area contributed by atoms with Crippen LogP contribution in [0.5, 0.6) is 0 Å². The molecule has 25 heavy (non-hydrogen) atoms. The Hall–Kier alpha value is -1.46. The van der Waals surface area contributed by atoms with Gasteiger partial charge < -0.3 is 10.1 Å². The molecule has 2 atom stereocenters. The maximum Gasteiger partial charge on any atom is 0.246 e. The van der Waals surface area contributed by atoms with Crippen LogP contribution in [0.25, 0.3) is 0 Å². The summed E-state index contributed by atoms with van der Waals surface area (Å²) in [7, 11) is 0. The normalized spacial score (nSPS) is 25.6. The zero-order valence-electron chi connectivity index (χ0n) is 15.3. The molecular weight excluding hydrogens is 314 g/mol. The predicted molar refractivity (Wildman–Crippen MR) is 98.1 cm³/mol. The molecule has 2 unspecified atom stereocenters. The van der Waals surface area contributed by atoms with Gasteiger partial charge in [0.25, 0.3) is 0 Å². The molecule has 1 aliphatic heterocycles. The number of ether oxygens (including phenoxy) is 1. The summed E-state index contributed by atoms with van der Waals surface area (Å²) < 4.78 is 5.87. The first-order chi connectivity index (χ1) is 12.2. The lowest BCUT2D eigenvalue weighted by molar-refractivity contribution is -0.130. The molecule has 1 aromatic heterocycles. The number of amides is 1. The molecule has 2 heterocycles. The maximum atomic E-state index is 12.2. The van der Waals surface area contributed by atoms with Crippen molar-refractivity contribution in [2.45, 2.75) is 64.1 Å². The number of pyridine rings is 1. The molecule has 5 heteroatoms. The third-order valence-electron chi connectivity index (χ3n) is 5.53. The van der Waals surface area contributed by atoms with Crippen LogP contribution in [0.15, 0.2) is 24.4 Å². The highest BCUT2D eigenvalue weighted by atomic mass is 16.5. The monoisotopic (exact) mass is 345 g/mol. The fraction of sp³-hybridized carbons (Fsp3) is 0.700. The van der Waals surface area contributed by atoms with Crippen LogP contribution < -0.4 is 5.32 Å². The maximum absolute atomic E-state index is 12.2. The van der Waals surface area contributed by atoms with Crippen LogP contribution in [-0.4, -0.2) is 47.6 Å². The number of carbonyl (C=O) groups excluding carboxylic acids is 1. The fourth-order valence-electron chi connectivity index (χ4n) is 3.94. The topological polar surface area (TPSA) is 54.5 Å². The van der Waals surface area contributed by atoms with Crippen LogP contribution in [0, 0.1) is 5.92 Å². The first kappa shape index (κ1) is 18.3. The number of hydrogen-bond donors (Lipinski definition) is 1.